The van der Waals surface area contributed by atoms with Gasteiger partial charge in [0.15, 0.2) is 0 Å². The fourth-order valence-electron chi connectivity index (χ4n) is 4.16. The molecular formula is C20H23N3O4S. The minimum atomic E-state index is -3.82. The molecule has 2 N–H and O–H groups in total. The number of benzene rings is 2. The molecule has 1 aliphatic carbocycles. The molecule has 28 heavy (non-hydrogen) atoms. The third-order valence-electron chi connectivity index (χ3n) is 5.65. The van der Waals surface area contributed by atoms with Crippen LogP contribution in [0, 0.1) is 5.92 Å². The van der Waals surface area contributed by atoms with Crippen molar-refractivity contribution in [1.82, 2.24) is 10.6 Å². The van der Waals surface area contributed by atoms with Crippen molar-refractivity contribution in [1.29, 1.82) is 0 Å². The maximum Gasteiger partial charge on any atom is 0.321 e. The van der Waals surface area contributed by atoms with Crippen LogP contribution in [0.15, 0.2) is 41.3 Å². The van der Waals surface area contributed by atoms with Gasteiger partial charge in [0, 0.05) is 11.4 Å². The Labute approximate surface area is 164 Å². The lowest BCUT2D eigenvalue weighted by molar-refractivity contribution is -0.118. The van der Waals surface area contributed by atoms with Crippen molar-refractivity contribution in [3.63, 3.8) is 0 Å². The number of hydrogen-bond donors (Lipinski definition) is 2. The van der Waals surface area contributed by atoms with E-state index in [0.29, 0.717) is 17.0 Å². The molecule has 1 fully saturated rings. The van der Waals surface area contributed by atoms with E-state index in [4.69, 9.17) is 0 Å². The maximum absolute atomic E-state index is 12.9. The normalized spacial score (nSPS) is 22.8. The number of sulfonamides is 1. The Balaban J connectivity index is 1.48. The zero-order valence-electron chi connectivity index (χ0n) is 15.6. The molecule has 1 saturated carbocycles. The largest absolute Gasteiger partial charge is 0.335 e. The van der Waals surface area contributed by atoms with E-state index in [2.05, 4.69) is 17.6 Å². The first-order chi connectivity index (χ1) is 13.4. The van der Waals surface area contributed by atoms with Crippen molar-refractivity contribution >= 4 is 38.4 Å². The first-order valence-corrected chi connectivity index (χ1v) is 11.0. The minimum absolute atomic E-state index is 0.0371. The van der Waals surface area contributed by atoms with Gasteiger partial charge in [-0.15, -0.1) is 0 Å². The second-order valence-corrected chi connectivity index (χ2v) is 9.36. The van der Waals surface area contributed by atoms with Gasteiger partial charge in [-0.2, -0.15) is 0 Å². The van der Waals surface area contributed by atoms with Gasteiger partial charge in [-0.1, -0.05) is 44.0 Å². The van der Waals surface area contributed by atoms with E-state index in [1.807, 2.05) is 12.1 Å². The van der Waals surface area contributed by atoms with Crippen LogP contribution in [0.25, 0.3) is 10.8 Å². The third-order valence-corrected chi connectivity index (χ3v) is 7.45. The summed E-state index contributed by atoms with van der Waals surface area (Å²) in [5, 5.41) is 6.53. The highest BCUT2D eigenvalue weighted by molar-refractivity contribution is 7.93. The molecule has 0 saturated heterocycles. The second-order valence-electron chi connectivity index (χ2n) is 7.53. The van der Waals surface area contributed by atoms with Crippen LogP contribution in [0.5, 0.6) is 0 Å². The molecule has 3 amide bonds. The lowest BCUT2D eigenvalue weighted by Crippen LogP contribution is -2.50. The van der Waals surface area contributed by atoms with Crippen LogP contribution in [0.1, 0.15) is 32.6 Å². The maximum atomic E-state index is 12.9. The molecule has 0 aromatic heterocycles. The second kappa shape index (κ2) is 7.09. The lowest BCUT2D eigenvalue weighted by Gasteiger charge is -2.29. The van der Waals surface area contributed by atoms with Crippen LogP contribution in [0.4, 0.5) is 10.5 Å². The average Bonchev–Trinajstić information content (AvgIpc) is 2.87. The molecule has 0 spiro atoms. The quantitative estimate of drug-likeness (QED) is 0.827. The van der Waals surface area contributed by atoms with Gasteiger partial charge in [-0.05, 0) is 36.3 Å². The summed E-state index contributed by atoms with van der Waals surface area (Å²) in [5.41, 5.74) is 0.463. The Hall–Kier alpha value is -2.61. The van der Waals surface area contributed by atoms with Gasteiger partial charge in [0.25, 0.3) is 10.0 Å². The van der Waals surface area contributed by atoms with Crippen LogP contribution < -0.4 is 14.9 Å². The van der Waals surface area contributed by atoms with E-state index >= 15 is 0 Å². The highest BCUT2D eigenvalue weighted by Crippen LogP contribution is 2.41. The zero-order chi connectivity index (χ0) is 19.9. The van der Waals surface area contributed by atoms with Crippen molar-refractivity contribution in [2.75, 3.05) is 10.8 Å². The summed E-state index contributed by atoms with van der Waals surface area (Å²) in [6, 6.07) is 9.78. The van der Waals surface area contributed by atoms with Gasteiger partial charge in [-0.25, -0.2) is 13.2 Å². The van der Waals surface area contributed by atoms with Gasteiger partial charge >= 0.3 is 6.03 Å². The molecule has 1 aliphatic heterocycles. The predicted octanol–water partition coefficient (Wildman–Crippen LogP) is 2.75. The first-order valence-electron chi connectivity index (χ1n) is 9.53. The molecule has 2 aromatic carbocycles. The van der Waals surface area contributed by atoms with Crippen molar-refractivity contribution in [2.24, 2.45) is 5.92 Å². The van der Waals surface area contributed by atoms with Crippen LogP contribution in [0.3, 0.4) is 0 Å². The number of rotatable bonds is 3. The van der Waals surface area contributed by atoms with Crippen LogP contribution in [0.2, 0.25) is 0 Å². The Bertz CT molecular complexity index is 1050. The molecule has 2 atom stereocenters. The fraction of sp³-hybridized carbons (Fsp3) is 0.400. The molecular weight excluding hydrogens is 378 g/mol. The molecule has 148 valence electrons. The highest BCUT2D eigenvalue weighted by atomic mass is 32.2. The highest BCUT2D eigenvalue weighted by Gasteiger charge is 2.37. The van der Waals surface area contributed by atoms with E-state index in [0.717, 1.165) is 35.4 Å². The van der Waals surface area contributed by atoms with E-state index in [1.165, 1.54) is 6.07 Å². The smallest absolute Gasteiger partial charge is 0.321 e. The number of nitrogens with one attached hydrogen (secondary N) is 2. The Morgan fingerprint density at radius 1 is 1.11 bits per heavy atom. The summed E-state index contributed by atoms with van der Waals surface area (Å²) in [5.74, 6) is -0.296. The molecule has 2 aromatic rings. The molecule has 0 unspecified atom stereocenters. The number of hydrogen-bond acceptors (Lipinski definition) is 4. The Morgan fingerprint density at radius 3 is 2.57 bits per heavy atom. The number of anilines is 1. The number of carbonyl (C=O) groups is 2. The van der Waals surface area contributed by atoms with Gasteiger partial charge in [0.05, 0.1) is 10.6 Å². The summed E-state index contributed by atoms with van der Waals surface area (Å²) in [6.45, 7) is 1.64. The van der Waals surface area contributed by atoms with Gasteiger partial charge in [0.2, 0.25) is 5.91 Å². The van der Waals surface area contributed by atoms with Crippen LogP contribution in [-0.2, 0) is 14.8 Å². The van der Waals surface area contributed by atoms with E-state index in [-0.39, 0.29) is 10.9 Å². The monoisotopic (exact) mass is 401 g/mol. The molecule has 4 rings (SSSR count). The Kier molecular flexibility index (Phi) is 4.74. The fourth-order valence-corrected chi connectivity index (χ4v) is 5.83. The first kappa shape index (κ1) is 18.7. The summed E-state index contributed by atoms with van der Waals surface area (Å²) in [6.07, 6.45) is 4.14. The van der Waals surface area contributed by atoms with Gasteiger partial charge < -0.3 is 5.32 Å². The minimum Gasteiger partial charge on any atom is -0.335 e. The van der Waals surface area contributed by atoms with Crippen LogP contribution >= 0.6 is 0 Å². The lowest BCUT2D eigenvalue weighted by atomic mass is 9.86. The van der Waals surface area contributed by atoms with Gasteiger partial charge in [-0.3, -0.25) is 14.4 Å². The molecule has 1 heterocycles. The van der Waals surface area contributed by atoms with Crippen molar-refractivity contribution in [2.45, 2.75) is 43.5 Å². The molecule has 8 heteroatoms. The number of urea groups is 1. The van der Waals surface area contributed by atoms with Crippen molar-refractivity contribution in [3.05, 3.63) is 36.4 Å². The summed E-state index contributed by atoms with van der Waals surface area (Å²) in [4.78, 5) is 24.8. The Morgan fingerprint density at radius 2 is 1.82 bits per heavy atom. The van der Waals surface area contributed by atoms with Crippen LogP contribution in [-0.4, -0.2) is 32.9 Å². The zero-order valence-corrected chi connectivity index (χ0v) is 16.5. The SMILES string of the molecule is C[C@H]1CCCC[C@H]1NC(=O)NC(=O)CN1c2cccc3cccc(c23)S1(=O)=O. The standard InChI is InChI=1S/C20H23N3O4S/c1-13-6-2-3-9-15(13)21-20(25)22-18(24)12-23-16-10-4-7-14-8-5-11-17(19(14)16)28(23,26)27/h4-5,7-8,10-11,13,15H,2-3,6,9,12H2,1H3,(H2,21,22,24,25)/t13-,15+/m0/s1. The number of amides is 3. The van der Waals surface area contributed by atoms with E-state index in [1.54, 1.807) is 18.2 Å². The van der Waals surface area contributed by atoms with E-state index < -0.39 is 28.5 Å². The number of nitrogens with zero attached hydrogens (tertiary/aromatic N) is 1. The number of carbonyl (C=O) groups excluding carboxylic acids is 2. The third kappa shape index (κ3) is 3.22. The molecule has 2 aliphatic rings. The number of imide groups is 1. The summed E-state index contributed by atoms with van der Waals surface area (Å²) in [7, 11) is -3.82. The molecule has 0 radical (unpaired) electrons. The molecule has 0 bridgehead atoms. The topological polar surface area (TPSA) is 95.6 Å². The van der Waals surface area contributed by atoms with Crippen molar-refractivity contribution in [3.8, 4) is 0 Å². The molecule has 7 nitrogen and oxygen atoms in total. The predicted molar refractivity (Wildman–Crippen MR) is 107 cm³/mol. The summed E-state index contributed by atoms with van der Waals surface area (Å²) >= 11 is 0. The summed E-state index contributed by atoms with van der Waals surface area (Å²) < 4.78 is 26.8. The van der Waals surface area contributed by atoms with Crippen molar-refractivity contribution < 1.29 is 18.0 Å². The van der Waals surface area contributed by atoms with Gasteiger partial charge in [0.1, 0.15) is 6.54 Å². The van der Waals surface area contributed by atoms with E-state index in [9.17, 15) is 18.0 Å². The average molecular weight is 401 g/mol.